The Labute approximate surface area is 99.9 Å². The van der Waals surface area contributed by atoms with Gasteiger partial charge in [0.15, 0.2) is 0 Å². The second-order valence-corrected chi connectivity index (χ2v) is 5.97. The predicted molar refractivity (Wildman–Crippen MR) is 63.5 cm³/mol. The second kappa shape index (κ2) is 3.32. The maximum atomic E-state index is 9.53. The molecule has 0 spiro atoms. The first kappa shape index (κ1) is 10.3. The fraction of sp³-hybridized carbons (Fsp3) is 0.615. The molecule has 0 bridgehead atoms. The van der Waals surface area contributed by atoms with Crippen LogP contribution in [-0.4, -0.2) is 13.2 Å². The van der Waals surface area contributed by atoms with E-state index in [4.69, 9.17) is 4.74 Å². The molecular weight excluding hydrogens is 218 g/mol. The van der Waals surface area contributed by atoms with Crippen molar-refractivity contribution >= 4 is 11.3 Å². The Bertz CT molecular complexity index is 449. The monoisotopic (exact) mass is 233 g/mol. The van der Waals surface area contributed by atoms with Crippen molar-refractivity contribution in [2.45, 2.75) is 31.6 Å². The van der Waals surface area contributed by atoms with Crippen molar-refractivity contribution in [1.29, 1.82) is 5.26 Å². The van der Waals surface area contributed by atoms with Gasteiger partial charge in [0.2, 0.25) is 0 Å². The summed E-state index contributed by atoms with van der Waals surface area (Å²) in [6, 6.07) is 4.76. The average molecular weight is 233 g/mol. The van der Waals surface area contributed by atoms with Gasteiger partial charge in [-0.25, -0.2) is 0 Å². The Morgan fingerprint density at radius 3 is 2.50 bits per heavy atom. The van der Waals surface area contributed by atoms with E-state index in [0.29, 0.717) is 0 Å². The lowest BCUT2D eigenvalue weighted by molar-refractivity contribution is -0.133. The van der Waals surface area contributed by atoms with Gasteiger partial charge in [-0.15, -0.1) is 11.3 Å². The molecule has 2 heterocycles. The largest absolute Gasteiger partial charge is 0.379 e. The van der Waals surface area contributed by atoms with Crippen LogP contribution in [0.2, 0.25) is 0 Å². The van der Waals surface area contributed by atoms with Gasteiger partial charge in [0.05, 0.1) is 30.1 Å². The first-order chi connectivity index (χ1) is 7.74. The molecule has 1 aliphatic carbocycles. The van der Waals surface area contributed by atoms with Crippen LogP contribution in [0.25, 0.3) is 0 Å². The Hall–Kier alpha value is -0.850. The average Bonchev–Trinajstić information content (AvgIpc) is 2.55. The summed E-state index contributed by atoms with van der Waals surface area (Å²) in [5.41, 5.74) is 1.20. The molecule has 1 aromatic rings. The number of aryl methyl sites for hydroxylation is 1. The Morgan fingerprint density at radius 1 is 1.44 bits per heavy atom. The van der Waals surface area contributed by atoms with Crippen molar-refractivity contribution in [3.05, 3.63) is 21.9 Å². The molecule has 0 aromatic carbocycles. The van der Waals surface area contributed by atoms with Crippen molar-refractivity contribution in [1.82, 2.24) is 0 Å². The van der Waals surface area contributed by atoms with Crippen LogP contribution in [0, 0.1) is 23.7 Å². The molecule has 1 saturated heterocycles. The van der Waals surface area contributed by atoms with E-state index in [-0.39, 0.29) is 10.8 Å². The minimum absolute atomic E-state index is 0.0122. The Kier molecular flexibility index (Phi) is 2.14. The molecule has 1 saturated carbocycles. The molecule has 0 N–H and O–H groups in total. The van der Waals surface area contributed by atoms with Crippen molar-refractivity contribution in [3.8, 4) is 6.07 Å². The fourth-order valence-corrected chi connectivity index (χ4v) is 4.22. The van der Waals surface area contributed by atoms with E-state index < -0.39 is 0 Å². The van der Waals surface area contributed by atoms with Gasteiger partial charge in [0.25, 0.3) is 0 Å². The maximum Gasteiger partial charge on any atom is 0.0723 e. The lowest BCUT2D eigenvalue weighted by Crippen LogP contribution is -2.61. The lowest BCUT2D eigenvalue weighted by Gasteiger charge is -2.56. The van der Waals surface area contributed by atoms with Gasteiger partial charge in [0, 0.05) is 4.88 Å². The van der Waals surface area contributed by atoms with Crippen LogP contribution in [0.3, 0.4) is 0 Å². The maximum absolute atomic E-state index is 9.53. The van der Waals surface area contributed by atoms with E-state index >= 15 is 0 Å². The van der Waals surface area contributed by atoms with Crippen LogP contribution in [0.5, 0.6) is 0 Å². The third kappa shape index (κ3) is 1.04. The third-order valence-corrected chi connectivity index (χ3v) is 5.55. The van der Waals surface area contributed by atoms with Crippen LogP contribution in [0.1, 0.15) is 29.7 Å². The second-order valence-electron chi connectivity index (χ2n) is 5.06. The summed E-state index contributed by atoms with van der Waals surface area (Å²) in [7, 11) is 0. The lowest BCUT2D eigenvalue weighted by atomic mass is 9.52. The standard InChI is InChI=1S/C13H15NOS/c1-10-3-6-16-11(10)13(8-15-9-13)12(7-14)4-2-5-12/h3,6H,2,4-5,8-9H2,1H3. The number of ether oxygens (including phenoxy) is 1. The van der Waals surface area contributed by atoms with Gasteiger partial charge >= 0.3 is 0 Å². The molecule has 0 radical (unpaired) electrons. The Morgan fingerprint density at radius 2 is 2.19 bits per heavy atom. The number of thiophene rings is 1. The van der Waals surface area contributed by atoms with E-state index in [1.54, 1.807) is 11.3 Å². The summed E-state index contributed by atoms with van der Waals surface area (Å²) in [4.78, 5) is 1.39. The summed E-state index contributed by atoms with van der Waals surface area (Å²) < 4.78 is 5.46. The SMILES string of the molecule is Cc1ccsc1C1(C2(C#N)CCC2)COC1. The van der Waals surface area contributed by atoms with Crippen LogP contribution < -0.4 is 0 Å². The quantitative estimate of drug-likeness (QED) is 0.786. The van der Waals surface area contributed by atoms with E-state index in [1.807, 2.05) is 0 Å². The van der Waals surface area contributed by atoms with Gasteiger partial charge in [-0.05, 0) is 36.8 Å². The molecule has 1 aromatic heterocycles. The van der Waals surface area contributed by atoms with E-state index in [9.17, 15) is 5.26 Å². The van der Waals surface area contributed by atoms with Crippen molar-refractivity contribution in [3.63, 3.8) is 0 Å². The highest BCUT2D eigenvalue weighted by molar-refractivity contribution is 7.10. The molecular formula is C13H15NOS. The molecule has 16 heavy (non-hydrogen) atoms. The van der Waals surface area contributed by atoms with Gasteiger partial charge in [-0.2, -0.15) is 5.26 Å². The van der Waals surface area contributed by atoms with Crippen LogP contribution in [0.4, 0.5) is 0 Å². The van der Waals surface area contributed by atoms with Gasteiger partial charge in [0.1, 0.15) is 0 Å². The van der Waals surface area contributed by atoms with E-state index in [1.165, 1.54) is 16.9 Å². The summed E-state index contributed by atoms with van der Waals surface area (Å²) >= 11 is 1.79. The minimum Gasteiger partial charge on any atom is -0.379 e. The molecule has 2 nitrogen and oxygen atoms in total. The van der Waals surface area contributed by atoms with Gasteiger partial charge in [-0.3, -0.25) is 0 Å². The zero-order valence-corrected chi connectivity index (χ0v) is 10.3. The number of hydrogen-bond donors (Lipinski definition) is 0. The smallest absolute Gasteiger partial charge is 0.0723 e. The fourth-order valence-electron chi connectivity index (χ4n) is 3.02. The van der Waals surface area contributed by atoms with Crippen molar-refractivity contribution in [2.24, 2.45) is 5.41 Å². The minimum atomic E-state index is -0.138. The summed E-state index contributed by atoms with van der Waals surface area (Å²) in [5.74, 6) is 0. The first-order valence-corrected chi connectivity index (χ1v) is 6.66. The predicted octanol–water partition coefficient (Wildman–Crippen LogP) is 3.02. The highest BCUT2D eigenvalue weighted by Gasteiger charge is 2.61. The van der Waals surface area contributed by atoms with Crippen LogP contribution in [-0.2, 0) is 10.2 Å². The number of nitriles is 1. The van der Waals surface area contributed by atoms with Crippen molar-refractivity contribution in [2.75, 3.05) is 13.2 Å². The number of rotatable bonds is 2. The highest BCUT2D eigenvalue weighted by Crippen LogP contribution is 2.59. The number of nitrogens with zero attached hydrogens (tertiary/aromatic N) is 1. The Balaban J connectivity index is 2.08. The summed E-state index contributed by atoms with van der Waals surface area (Å²) in [6.07, 6.45) is 3.29. The number of hydrogen-bond acceptors (Lipinski definition) is 3. The molecule has 1 aliphatic heterocycles. The first-order valence-electron chi connectivity index (χ1n) is 5.78. The zero-order valence-electron chi connectivity index (χ0n) is 9.45. The molecule has 2 aliphatic rings. The van der Waals surface area contributed by atoms with Gasteiger partial charge < -0.3 is 4.74 Å². The molecule has 3 heteroatoms. The summed E-state index contributed by atoms with van der Waals surface area (Å²) in [6.45, 7) is 3.62. The molecule has 0 amide bonds. The van der Waals surface area contributed by atoms with E-state index in [2.05, 4.69) is 24.4 Å². The normalized spacial score (nSPS) is 25.2. The zero-order chi connectivity index (χ0) is 11.2. The van der Waals surface area contributed by atoms with Crippen LogP contribution in [0.15, 0.2) is 11.4 Å². The van der Waals surface area contributed by atoms with E-state index in [0.717, 1.165) is 26.1 Å². The highest BCUT2D eigenvalue weighted by atomic mass is 32.1. The molecule has 0 unspecified atom stereocenters. The molecule has 2 fully saturated rings. The summed E-state index contributed by atoms with van der Waals surface area (Å²) in [5, 5.41) is 11.7. The third-order valence-electron chi connectivity index (χ3n) is 4.33. The molecule has 84 valence electrons. The van der Waals surface area contributed by atoms with Gasteiger partial charge in [-0.1, -0.05) is 6.42 Å². The molecule has 0 atom stereocenters. The van der Waals surface area contributed by atoms with Crippen molar-refractivity contribution < 1.29 is 4.74 Å². The van der Waals surface area contributed by atoms with Crippen LogP contribution >= 0.6 is 11.3 Å². The molecule has 3 rings (SSSR count). The topological polar surface area (TPSA) is 33.0 Å².